The Hall–Kier alpha value is -3.67. The van der Waals surface area contributed by atoms with Crippen LogP contribution < -0.4 is 9.64 Å². The van der Waals surface area contributed by atoms with Crippen LogP contribution >= 0.6 is 0 Å². The standard InChI is InChI=1S/C23H20N2O4/c1-14-12-16(25(27)28)13-15(2)22(14)29-23(26)21-19-10-5-4-8-17(19)18-9-6-7-11-20(18)24(21)3/h4-13,21H,1-3H3. The Bertz CT molecular complexity index is 1120. The van der Waals surface area contributed by atoms with Crippen molar-refractivity contribution < 1.29 is 14.5 Å². The van der Waals surface area contributed by atoms with Crippen LogP contribution in [0.5, 0.6) is 5.75 Å². The molecule has 0 saturated carbocycles. The molecule has 6 heteroatoms. The molecule has 29 heavy (non-hydrogen) atoms. The Labute approximate surface area is 168 Å². The quantitative estimate of drug-likeness (QED) is 0.274. The lowest BCUT2D eigenvalue weighted by Crippen LogP contribution is -2.36. The SMILES string of the molecule is Cc1cc([N+](=O)[O-])cc(C)c1OC(=O)C1c2ccccc2-c2ccccc2N1C. The first-order valence-corrected chi connectivity index (χ1v) is 9.27. The van der Waals surface area contributed by atoms with Crippen LogP contribution in [0.1, 0.15) is 22.7 Å². The van der Waals surface area contributed by atoms with E-state index in [1.165, 1.54) is 12.1 Å². The molecule has 0 fully saturated rings. The van der Waals surface area contributed by atoms with Gasteiger partial charge in [0.05, 0.1) is 4.92 Å². The van der Waals surface area contributed by atoms with E-state index >= 15 is 0 Å². The minimum Gasteiger partial charge on any atom is -0.424 e. The fourth-order valence-corrected chi connectivity index (χ4v) is 3.97. The number of benzene rings is 3. The topological polar surface area (TPSA) is 72.7 Å². The van der Waals surface area contributed by atoms with Gasteiger partial charge in [0.15, 0.2) is 6.04 Å². The van der Waals surface area contributed by atoms with Crippen LogP contribution in [0.3, 0.4) is 0 Å². The summed E-state index contributed by atoms with van der Waals surface area (Å²) in [5, 5.41) is 11.1. The molecule has 4 rings (SSSR count). The van der Waals surface area contributed by atoms with Crippen molar-refractivity contribution in [1.29, 1.82) is 0 Å². The average Bonchev–Trinajstić information content (AvgIpc) is 2.70. The molecule has 0 amide bonds. The Morgan fingerprint density at radius 2 is 1.59 bits per heavy atom. The molecule has 6 nitrogen and oxygen atoms in total. The van der Waals surface area contributed by atoms with Gasteiger partial charge in [-0.2, -0.15) is 0 Å². The molecular formula is C23H20N2O4. The number of hydrogen-bond donors (Lipinski definition) is 0. The van der Waals surface area contributed by atoms with Gasteiger partial charge < -0.3 is 9.64 Å². The monoisotopic (exact) mass is 388 g/mol. The van der Waals surface area contributed by atoms with E-state index < -0.39 is 16.9 Å². The first kappa shape index (κ1) is 18.7. The van der Waals surface area contributed by atoms with Crippen LogP contribution in [0.2, 0.25) is 0 Å². The van der Waals surface area contributed by atoms with E-state index in [1.807, 2.05) is 60.5 Å². The summed E-state index contributed by atoms with van der Waals surface area (Å²) in [4.78, 5) is 25.8. The van der Waals surface area contributed by atoms with Gasteiger partial charge in [-0.15, -0.1) is 0 Å². The second-order valence-corrected chi connectivity index (χ2v) is 7.20. The summed E-state index contributed by atoms with van der Waals surface area (Å²) in [6, 6.07) is 18.0. The van der Waals surface area contributed by atoms with Crippen molar-refractivity contribution in [1.82, 2.24) is 0 Å². The van der Waals surface area contributed by atoms with Gasteiger partial charge in [0.1, 0.15) is 5.75 Å². The minimum atomic E-state index is -0.616. The number of ether oxygens (including phenoxy) is 1. The van der Waals surface area contributed by atoms with Gasteiger partial charge in [-0.3, -0.25) is 10.1 Å². The molecule has 1 unspecified atom stereocenters. The summed E-state index contributed by atoms with van der Waals surface area (Å²) in [5.74, 6) is -0.0557. The number of nitro groups is 1. The fourth-order valence-electron chi connectivity index (χ4n) is 3.97. The second-order valence-electron chi connectivity index (χ2n) is 7.20. The highest BCUT2D eigenvalue weighted by Crippen LogP contribution is 2.44. The zero-order valence-electron chi connectivity index (χ0n) is 16.4. The van der Waals surface area contributed by atoms with Crippen LogP contribution in [-0.4, -0.2) is 17.9 Å². The summed E-state index contributed by atoms with van der Waals surface area (Å²) in [7, 11) is 1.87. The van der Waals surface area contributed by atoms with Gasteiger partial charge in [-0.05, 0) is 42.2 Å². The zero-order chi connectivity index (χ0) is 20.7. The number of aryl methyl sites for hydroxylation is 2. The Morgan fingerprint density at radius 3 is 2.24 bits per heavy atom. The van der Waals surface area contributed by atoms with Crippen molar-refractivity contribution in [2.45, 2.75) is 19.9 Å². The van der Waals surface area contributed by atoms with Crippen molar-refractivity contribution in [2.75, 3.05) is 11.9 Å². The molecule has 1 aliphatic heterocycles. The third kappa shape index (κ3) is 3.12. The number of carbonyl (C=O) groups is 1. The molecule has 1 heterocycles. The number of likely N-dealkylation sites (N-methyl/N-ethyl adjacent to an activating group) is 1. The highest BCUT2D eigenvalue weighted by molar-refractivity contribution is 5.94. The van der Waals surface area contributed by atoms with Gasteiger partial charge in [0.2, 0.25) is 0 Å². The highest BCUT2D eigenvalue weighted by Gasteiger charge is 2.35. The number of rotatable bonds is 3. The number of hydrogen-bond acceptors (Lipinski definition) is 5. The smallest absolute Gasteiger partial charge is 0.338 e. The molecule has 0 N–H and O–H groups in total. The molecule has 3 aromatic carbocycles. The molecule has 1 atom stereocenters. The van der Waals surface area contributed by atoms with Crippen molar-refractivity contribution >= 4 is 17.3 Å². The maximum absolute atomic E-state index is 13.3. The number of nitro benzene ring substituents is 1. The molecule has 0 aliphatic carbocycles. The van der Waals surface area contributed by atoms with Crippen molar-refractivity contribution in [3.05, 3.63) is 87.5 Å². The Balaban J connectivity index is 1.74. The summed E-state index contributed by atoms with van der Waals surface area (Å²) >= 11 is 0. The zero-order valence-corrected chi connectivity index (χ0v) is 16.4. The Morgan fingerprint density at radius 1 is 1.00 bits per heavy atom. The molecule has 3 aromatic rings. The molecule has 0 spiro atoms. The molecule has 146 valence electrons. The predicted octanol–water partition coefficient (Wildman–Crippen LogP) is 4.98. The minimum absolute atomic E-state index is 0.0196. The molecule has 0 radical (unpaired) electrons. The van der Waals surface area contributed by atoms with Gasteiger partial charge in [0.25, 0.3) is 5.69 Å². The van der Waals surface area contributed by atoms with E-state index in [1.54, 1.807) is 13.8 Å². The van der Waals surface area contributed by atoms with Crippen LogP contribution in [0, 0.1) is 24.0 Å². The third-order valence-corrected chi connectivity index (χ3v) is 5.30. The van der Waals surface area contributed by atoms with E-state index in [0.717, 1.165) is 22.4 Å². The maximum Gasteiger partial charge on any atom is 0.338 e. The molecular weight excluding hydrogens is 368 g/mol. The normalized spacial score (nSPS) is 14.7. The first-order chi connectivity index (χ1) is 13.9. The Kier molecular flexibility index (Phi) is 4.54. The molecule has 1 aliphatic rings. The average molecular weight is 388 g/mol. The van der Waals surface area contributed by atoms with Gasteiger partial charge >= 0.3 is 5.97 Å². The van der Waals surface area contributed by atoms with E-state index in [9.17, 15) is 14.9 Å². The van der Waals surface area contributed by atoms with Gasteiger partial charge in [0, 0.05) is 30.4 Å². The van der Waals surface area contributed by atoms with Gasteiger partial charge in [-0.25, -0.2) is 4.79 Å². The van der Waals surface area contributed by atoms with E-state index in [4.69, 9.17) is 4.74 Å². The summed E-state index contributed by atoms with van der Waals surface area (Å²) in [6.45, 7) is 3.41. The summed E-state index contributed by atoms with van der Waals surface area (Å²) in [6.07, 6.45) is 0. The number of anilines is 1. The second kappa shape index (κ2) is 7.05. The van der Waals surface area contributed by atoms with Crippen LogP contribution in [0.4, 0.5) is 11.4 Å². The van der Waals surface area contributed by atoms with Crippen LogP contribution in [0.15, 0.2) is 60.7 Å². The molecule has 0 bridgehead atoms. The number of esters is 1. The number of para-hydroxylation sites is 1. The molecule has 0 aromatic heterocycles. The largest absolute Gasteiger partial charge is 0.424 e. The number of non-ortho nitro benzene ring substituents is 1. The van der Waals surface area contributed by atoms with E-state index in [0.29, 0.717) is 16.9 Å². The highest BCUT2D eigenvalue weighted by atomic mass is 16.6. The lowest BCUT2D eigenvalue weighted by molar-refractivity contribution is -0.385. The number of nitrogens with zero attached hydrogens (tertiary/aromatic N) is 2. The first-order valence-electron chi connectivity index (χ1n) is 9.27. The van der Waals surface area contributed by atoms with Gasteiger partial charge in [-0.1, -0.05) is 42.5 Å². The van der Waals surface area contributed by atoms with Crippen LogP contribution in [0.25, 0.3) is 11.1 Å². The van der Waals surface area contributed by atoms with Crippen molar-refractivity contribution in [2.24, 2.45) is 0 Å². The van der Waals surface area contributed by atoms with Crippen molar-refractivity contribution in [3.63, 3.8) is 0 Å². The van der Waals surface area contributed by atoms with E-state index in [-0.39, 0.29) is 5.69 Å². The van der Waals surface area contributed by atoms with Crippen molar-refractivity contribution in [3.8, 4) is 16.9 Å². The molecule has 0 saturated heterocycles. The fraction of sp³-hybridized carbons (Fsp3) is 0.174. The van der Waals surface area contributed by atoms with E-state index in [2.05, 4.69) is 0 Å². The maximum atomic E-state index is 13.3. The van der Waals surface area contributed by atoms with Crippen LogP contribution in [-0.2, 0) is 4.79 Å². The number of fused-ring (bicyclic) bond motifs is 3. The lowest BCUT2D eigenvalue weighted by atomic mass is 9.88. The predicted molar refractivity (Wildman–Crippen MR) is 111 cm³/mol. The summed E-state index contributed by atoms with van der Waals surface area (Å²) < 4.78 is 5.79. The number of carbonyl (C=O) groups excluding carboxylic acids is 1. The lowest BCUT2D eigenvalue weighted by Gasteiger charge is -2.36. The third-order valence-electron chi connectivity index (χ3n) is 5.30. The summed E-state index contributed by atoms with van der Waals surface area (Å²) in [5.41, 5.74) is 4.97.